The molecule has 0 spiro atoms. The molecule has 0 amide bonds. The van der Waals surface area contributed by atoms with E-state index in [9.17, 15) is 0 Å². The molecular weight excluding hydrogens is 256 g/mol. The third-order valence-electron chi connectivity index (χ3n) is 4.09. The van der Waals surface area contributed by atoms with Gasteiger partial charge in [0.05, 0.1) is 6.10 Å². The molecule has 2 atom stereocenters. The van der Waals surface area contributed by atoms with Gasteiger partial charge in [0.2, 0.25) is 0 Å². The van der Waals surface area contributed by atoms with E-state index in [0.717, 1.165) is 18.1 Å². The lowest BCUT2D eigenvalue weighted by atomic mass is 9.64. The minimum Gasteiger partial charge on any atom is -0.381 e. The largest absolute Gasteiger partial charge is 0.381 e. The third-order valence-corrected chi connectivity index (χ3v) is 4.09. The summed E-state index contributed by atoms with van der Waals surface area (Å²) in [5.41, 5.74) is 0.0981. The van der Waals surface area contributed by atoms with Crippen molar-refractivity contribution in [3.8, 4) is 0 Å². The van der Waals surface area contributed by atoms with Crippen LogP contribution in [0.2, 0.25) is 0 Å². The van der Waals surface area contributed by atoms with Gasteiger partial charge in [0.15, 0.2) is 5.82 Å². The number of hydrogen-bond donors (Lipinski definition) is 2. The smallest absolute Gasteiger partial charge is 0.158 e. The summed E-state index contributed by atoms with van der Waals surface area (Å²) in [4.78, 5) is 8.83. The normalized spacial score (nSPS) is 24.1. The molecule has 6 nitrogen and oxygen atoms in total. The highest BCUT2D eigenvalue weighted by Gasteiger charge is 2.48. The van der Waals surface area contributed by atoms with Gasteiger partial charge in [-0.1, -0.05) is 13.8 Å². The molecule has 0 saturated heterocycles. The maximum absolute atomic E-state index is 5.47. The molecule has 112 valence electrons. The predicted octanol–water partition coefficient (Wildman–Crippen LogP) is 1.89. The summed E-state index contributed by atoms with van der Waals surface area (Å²) < 4.78 is 10.6. The van der Waals surface area contributed by atoms with Crippen LogP contribution in [0.5, 0.6) is 0 Å². The molecule has 1 fully saturated rings. The summed E-state index contributed by atoms with van der Waals surface area (Å²) in [6.07, 6.45) is 1.28. The lowest BCUT2D eigenvalue weighted by Gasteiger charge is -2.51. The molecule has 1 aliphatic carbocycles. The fourth-order valence-corrected chi connectivity index (χ4v) is 2.60. The van der Waals surface area contributed by atoms with Gasteiger partial charge in [-0.25, -0.2) is 9.97 Å². The van der Waals surface area contributed by atoms with Crippen molar-refractivity contribution >= 4 is 11.6 Å². The van der Waals surface area contributed by atoms with Crippen LogP contribution in [-0.2, 0) is 16.1 Å². The number of methoxy groups -OCH3 is 2. The first-order valence-electron chi connectivity index (χ1n) is 6.85. The Kier molecular flexibility index (Phi) is 4.45. The summed E-state index contributed by atoms with van der Waals surface area (Å²) in [5, 5.41) is 6.52. The van der Waals surface area contributed by atoms with Gasteiger partial charge in [-0.05, 0) is 6.42 Å². The molecule has 0 aliphatic heterocycles. The molecule has 0 bridgehead atoms. The van der Waals surface area contributed by atoms with Gasteiger partial charge >= 0.3 is 0 Å². The molecule has 1 aliphatic rings. The van der Waals surface area contributed by atoms with Gasteiger partial charge in [0.25, 0.3) is 0 Å². The predicted molar refractivity (Wildman–Crippen MR) is 78.9 cm³/mol. The SMILES string of the molecule is CNc1cc(NC2CC(OC)C2(C)C)nc(COC)n1. The molecule has 2 unspecified atom stereocenters. The van der Waals surface area contributed by atoms with Crippen molar-refractivity contribution in [2.24, 2.45) is 5.41 Å². The van der Waals surface area contributed by atoms with Crippen LogP contribution in [0.1, 0.15) is 26.1 Å². The number of nitrogens with zero attached hydrogens (tertiary/aromatic N) is 2. The highest BCUT2D eigenvalue weighted by Crippen LogP contribution is 2.43. The lowest BCUT2D eigenvalue weighted by Crippen LogP contribution is -2.57. The molecule has 1 aromatic heterocycles. The third kappa shape index (κ3) is 2.86. The Hall–Kier alpha value is -1.40. The Balaban J connectivity index is 2.11. The molecule has 1 aromatic rings. The Morgan fingerprint density at radius 1 is 1.30 bits per heavy atom. The van der Waals surface area contributed by atoms with Crippen LogP contribution in [0, 0.1) is 5.41 Å². The number of anilines is 2. The monoisotopic (exact) mass is 280 g/mol. The minimum absolute atomic E-state index is 0.0981. The first-order valence-corrected chi connectivity index (χ1v) is 6.85. The minimum atomic E-state index is 0.0981. The van der Waals surface area contributed by atoms with E-state index in [-0.39, 0.29) is 5.41 Å². The second kappa shape index (κ2) is 5.93. The summed E-state index contributed by atoms with van der Waals surface area (Å²) in [5.74, 6) is 2.28. The average Bonchev–Trinajstić information content (AvgIpc) is 2.43. The molecular formula is C14H24N4O2. The number of hydrogen-bond acceptors (Lipinski definition) is 6. The van der Waals surface area contributed by atoms with E-state index in [0.29, 0.717) is 24.6 Å². The maximum Gasteiger partial charge on any atom is 0.158 e. The van der Waals surface area contributed by atoms with E-state index < -0.39 is 0 Å². The highest BCUT2D eigenvalue weighted by molar-refractivity contribution is 5.48. The number of aromatic nitrogens is 2. The fraction of sp³-hybridized carbons (Fsp3) is 0.714. The average molecular weight is 280 g/mol. The highest BCUT2D eigenvalue weighted by atomic mass is 16.5. The van der Waals surface area contributed by atoms with Crippen LogP contribution < -0.4 is 10.6 Å². The zero-order valence-electron chi connectivity index (χ0n) is 12.9. The molecule has 2 N–H and O–H groups in total. The summed E-state index contributed by atoms with van der Waals surface area (Å²) in [6, 6.07) is 2.26. The van der Waals surface area contributed by atoms with Gasteiger partial charge in [-0.15, -0.1) is 0 Å². The van der Waals surface area contributed by atoms with Gasteiger partial charge in [0, 0.05) is 38.8 Å². The van der Waals surface area contributed by atoms with Gasteiger partial charge in [-0.3, -0.25) is 0 Å². The Labute approximate surface area is 120 Å². The quantitative estimate of drug-likeness (QED) is 0.829. The molecule has 1 saturated carbocycles. The zero-order valence-corrected chi connectivity index (χ0v) is 12.9. The van der Waals surface area contributed by atoms with Crippen LogP contribution in [0.3, 0.4) is 0 Å². The Bertz CT molecular complexity index is 464. The number of ether oxygens (including phenoxy) is 2. The summed E-state index contributed by atoms with van der Waals surface area (Å²) >= 11 is 0. The topological polar surface area (TPSA) is 68.3 Å². The first kappa shape index (κ1) is 15.0. The van der Waals surface area contributed by atoms with E-state index in [4.69, 9.17) is 9.47 Å². The van der Waals surface area contributed by atoms with E-state index in [1.807, 2.05) is 13.1 Å². The molecule has 6 heteroatoms. The van der Waals surface area contributed by atoms with E-state index in [1.165, 1.54) is 0 Å². The molecule has 0 aromatic carbocycles. The Morgan fingerprint density at radius 3 is 2.55 bits per heavy atom. The number of nitrogens with one attached hydrogen (secondary N) is 2. The maximum atomic E-state index is 5.47. The van der Waals surface area contributed by atoms with Crippen LogP contribution in [0.4, 0.5) is 11.6 Å². The van der Waals surface area contributed by atoms with Crippen LogP contribution in [0.15, 0.2) is 6.07 Å². The van der Waals surface area contributed by atoms with E-state index in [2.05, 4.69) is 34.4 Å². The van der Waals surface area contributed by atoms with Crippen molar-refractivity contribution in [2.75, 3.05) is 31.9 Å². The van der Waals surface area contributed by atoms with Crippen molar-refractivity contribution in [2.45, 2.75) is 39.0 Å². The molecule has 2 rings (SSSR count). The van der Waals surface area contributed by atoms with Gasteiger partial charge in [-0.2, -0.15) is 0 Å². The fourth-order valence-electron chi connectivity index (χ4n) is 2.60. The van der Waals surface area contributed by atoms with Crippen molar-refractivity contribution in [3.63, 3.8) is 0 Å². The Morgan fingerprint density at radius 2 is 2.00 bits per heavy atom. The standard InChI is InChI=1S/C14H24N4O2/c1-14(2)9(6-10(14)20-5)16-12-7-11(15-3)17-13(18-12)8-19-4/h7,9-10H,6,8H2,1-5H3,(H2,15,16,17,18). The summed E-state index contributed by atoms with van der Waals surface area (Å²) in [6.45, 7) is 4.82. The first-order chi connectivity index (χ1) is 9.51. The van der Waals surface area contributed by atoms with Crippen LogP contribution in [-0.4, -0.2) is 43.4 Å². The van der Waals surface area contributed by atoms with E-state index in [1.54, 1.807) is 14.2 Å². The second-order valence-corrected chi connectivity index (χ2v) is 5.72. The molecule has 20 heavy (non-hydrogen) atoms. The van der Waals surface area contributed by atoms with Crippen LogP contribution >= 0.6 is 0 Å². The second-order valence-electron chi connectivity index (χ2n) is 5.72. The van der Waals surface area contributed by atoms with E-state index >= 15 is 0 Å². The van der Waals surface area contributed by atoms with Crippen molar-refractivity contribution in [3.05, 3.63) is 11.9 Å². The van der Waals surface area contributed by atoms with Crippen molar-refractivity contribution in [1.29, 1.82) is 0 Å². The van der Waals surface area contributed by atoms with Gasteiger partial charge < -0.3 is 20.1 Å². The number of rotatable bonds is 6. The van der Waals surface area contributed by atoms with Crippen molar-refractivity contribution < 1.29 is 9.47 Å². The zero-order chi connectivity index (χ0) is 14.8. The molecule has 0 radical (unpaired) electrons. The van der Waals surface area contributed by atoms with Gasteiger partial charge in [0.1, 0.15) is 18.2 Å². The lowest BCUT2D eigenvalue weighted by molar-refractivity contribution is -0.0795. The molecule has 1 heterocycles. The van der Waals surface area contributed by atoms with Crippen molar-refractivity contribution in [1.82, 2.24) is 9.97 Å². The summed E-state index contributed by atoms with van der Waals surface area (Å²) in [7, 11) is 5.25. The van der Waals surface area contributed by atoms with Crippen LogP contribution in [0.25, 0.3) is 0 Å².